The van der Waals surface area contributed by atoms with Crippen molar-refractivity contribution in [3.63, 3.8) is 0 Å². The van der Waals surface area contributed by atoms with Crippen LogP contribution in [0.4, 0.5) is 5.82 Å². The van der Waals surface area contributed by atoms with E-state index in [1.165, 1.54) is 40.4 Å². The second-order valence-corrected chi connectivity index (χ2v) is 7.38. The maximum absolute atomic E-state index is 4.99. The van der Waals surface area contributed by atoms with Crippen LogP contribution in [-0.2, 0) is 19.3 Å². The smallest absolute Gasteiger partial charge is 0.133 e. The van der Waals surface area contributed by atoms with E-state index in [-0.39, 0.29) is 0 Å². The molecule has 0 atom stereocenters. The molecule has 1 aliphatic rings. The Hall–Kier alpha value is -2.07. The molecule has 3 heterocycles. The number of rotatable bonds is 4. The number of nitrogens with one attached hydrogen (secondary N) is 1. The van der Waals surface area contributed by atoms with E-state index in [9.17, 15) is 0 Å². The standard InChI is InChI=1S/C20H23N3S/c1-2-15-8-10-16(11-9-15)23-20-18(7-3-4-12-21-20)19(22-23)14-17-6-5-13-24-17/h5-6,8-11,13,21H,2-4,7,12,14H2,1H3. The van der Waals surface area contributed by atoms with Gasteiger partial charge in [-0.2, -0.15) is 5.10 Å². The summed E-state index contributed by atoms with van der Waals surface area (Å²) in [4.78, 5) is 1.38. The fourth-order valence-electron chi connectivity index (χ4n) is 3.35. The van der Waals surface area contributed by atoms with Crippen molar-refractivity contribution in [3.8, 4) is 5.69 Å². The maximum Gasteiger partial charge on any atom is 0.133 e. The lowest BCUT2D eigenvalue weighted by Crippen LogP contribution is -2.07. The van der Waals surface area contributed by atoms with Gasteiger partial charge in [0.15, 0.2) is 0 Å². The van der Waals surface area contributed by atoms with Gasteiger partial charge in [-0.1, -0.05) is 25.1 Å². The molecule has 0 bridgehead atoms. The molecule has 4 rings (SSSR count). The summed E-state index contributed by atoms with van der Waals surface area (Å²) in [5.41, 5.74) is 5.14. The Labute approximate surface area is 147 Å². The SMILES string of the molecule is CCc1ccc(-n2nc(Cc3cccs3)c3c2NCCCC3)cc1. The Kier molecular flexibility index (Phi) is 4.39. The van der Waals surface area contributed by atoms with Gasteiger partial charge in [-0.25, -0.2) is 4.68 Å². The number of aryl methyl sites for hydroxylation is 1. The summed E-state index contributed by atoms with van der Waals surface area (Å²) in [5.74, 6) is 1.20. The first-order valence-corrected chi connectivity index (χ1v) is 9.69. The van der Waals surface area contributed by atoms with Gasteiger partial charge in [0.25, 0.3) is 0 Å². The quantitative estimate of drug-likeness (QED) is 0.738. The van der Waals surface area contributed by atoms with E-state index >= 15 is 0 Å². The summed E-state index contributed by atoms with van der Waals surface area (Å²) in [7, 11) is 0. The fraction of sp³-hybridized carbons (Fsp3) is 0.350. The topological polar surface area (TPSA) is 29.9 Å². The number of anilines is 1. The zero-order valence-corrected chi connectivity index (χ0v) is 14.9. The van der Waals surface area contributed by atoms with E-state index in [0.717, 1.165) is 31.5 Å². The third kappa shape index (κ3) is 2.98. The van der Waals surface area contributed by atoms with Crippen molar-refractivity contribution in [1.29, 1.82) is 0 Å². The van der Waals surface area contributed by atoms with E-state index in [2.05, 4.69) is 58.7 Å². The summed E-state index contributed by atoms with van der Waals surface area (Å²) in [6.45, 7) is 3.22. The predicted octanol–water partition coefficient (Wildman–Crippen LogP) is 4.84. The molecule has 1 aromatic carbocycles. The number of hydrogen-bond acceptors (Lipinski definition) is 3. The van der Waals surface area contributed by atoms with Gasteiger partial charge < -0.3 is 5.32 Å². The predicted molar refractivity (Wildman–Crippen MR) is 101 cm³/mol. The van der Waals surface area contributed by atoms with Gasteiger partial charge >= 0.3 is 0 Å². The van der Waals surface area contributed by atoms with Crippen LogP contribution in [0.5, 0.6) is 0 Å². The molecular weight excluding hydrogens is 314 g/mol. The highest BCUT2D eigenvalue weighted by Crippen LogP contribution is 2.30. The number of hydrogen-bond donors (Lipinski definition) is 1. The molecule has 0 fully saturated rings. The monoisotopic (exact) mass is 337 g/mol. The van der Waals surface area contributed by atoms with E-state index < -0.39 is 0 Å². The molecule has 0 spiro atoms. The highest BCUT2D eigenvalue weighted by atomic mass is 32.1. The zero-order chi connectivity index (χ0) is 16.4. The Morgan fingerprint density at radius 2 is 2.04 bits per heavy atom. The molecule has 0 unspecified atom stereocenters. The van der Waals surface area contributed by atoms with Gasteiger partial charge in [-0.05, 0) is 54.8 Å². The average Bonchev–Trinajstić information content (AvgIpc) is 3.17. The minimum atomic E-state index is 0.932. The molecule has 0 saturated carbocycles. The maximum atomic E-state index is 4.99. The lowest BCUT2D eigenvalue weighted by molar-refractivity contribution is 0.768. The van der Waals surface area contributed by atoms with Crippen LogP contribution in [0.25, 0.3) is 5.69 Å². The first kappa shape index (κ1) is 15.5. The van der Waals surface area contributed by atoms with Crippen molar-refractivity contribution in [2.75, 3.05) is 11.9 Å². The highest BCUT2D eigenvalue weighted by Gasteiger charge is 2.20. The third-order valence-corrected chi connectivity index (χ3v) is 5.60. The van der Waals surface area contributed by atoms with Gasteiger partial charge in [0.1, 0.15) is 5.82 Å². The number of aromatic nitrogens is 2. The number of nitrogens with zero attached hydrogens (tertiary/aromatic N) is 2. The largest absolute Gasteiger partial charge is 0.370 e. The first-order valence-electron chi connectivity index (χ1n) is 8.81. The van der Waals surface area contributed by atoms with Crippen LogP contribution in [-0.4, -0.2) is 16.3 Å². The summed E-state index contributed by atoms with van der Waals surface area (Å²) >= 11 is 1.81. The van der Waals surface area contributed by atoms with Crippen molar-refractivity contribution >= 4 is 17.2 Å². The Bertz CT molecular complexity index is 800. The summed E-state index contributed by atoms with van der Waals surface area (Å²) in [5, 5.41) is 10.8. The minimum Gasteiger partial charge on any atom is -0.370 e. The average molecular weight is 337 g/mol. The van der Waals surface area contributed by atoms with Gasteiger partial charge in [0, 0.05) is 23.4 Å². The number of thiophene rings is 1. The van der Waals surface area contributed by atoms with E-state index in [4.69, 9.17) is 5.10 Å². The lowest BCUT2D eigenvalue weighted by Gasteiger charge is -2.09. The van der Waals surface area contributed by atoms with Crippen molar-refractivity contribution in [2.45, 2.75) is 39.0 Å². The van der Waals surface area contributed by atoms with Crippen LogP contribution in [0.2, 0.25) is 0 Å². The van der Waals surface area contributed by atoms with Crippen LogP contribution in [0, 0.1) is 0 Å². The van der Waals surface area contributed by atoms with Crippen molar-refractivity contribution in [3.05, 3.63) is 63.5 Å². The molecule has 3 aromatic rings. The van der Waals surface area contributed by atoms with E-state index in [0.29, 0.717) is 0 Å². The molecule has 2 aromatic heterocycles. The molecule has 1 N–H and O–H groups in total. The Morgan fingerprint density at radius 1 is 1.17 bits per heavy atom. The van der Waals surface area contributed by atoms with Crippen LogP contribution in [0.1, 0.15) is 41.5 Å². The second-order valence-electron chi connectivity index (χ2n) is 6.35. The first-order chi connectivity index (χ1) is 11.8. The second kappa shape index (κ2) is 6.81. The molecule has 0 saturated heterocycles. The van der Waals surface area contributed by atoms with Crippen molar-refractivity contribution in [1.82, 2.24) is 9.78 Å². The van der Waals surface area contributed by atoms with Crippen LogP contribution < -0.4 is 5.32 Å². The molecule has 1 aliphatic heterocycles. The van der Waals surface area contributed by atoms with E-state index in [1.807, 2.05) is 11.3 Å². The van der Waals surface area contributed by atoms with Gasteiger partial charge in [-0.3, -0.25) is 0 Å². The molecule has 0 radical (unpaired) electrons. The fourth-order valence-corrected chi connectivity index (χ4v) is 4.06. The molecule has 4 heteroatoms. The molecule has 0 aliphatic carbocycles. The molecule has 3 nitrogen and oxygen atoms in total. The Morgan fingerprint density at radius 3 is 2.79 bits per heavy atom. The lowest BCUT2D eigenvalue weighted by atomic mass is 10.1. The number of fused-ring (bicyclic) bond motifs is 1. The molecule has 0 amide bonds. The summed E-state index contributed by atoms with van der Waals surface area (Å²) in [6, 6.07) is 13.1. The van der Waals surface area contributed by atoms with Crippen LogP contribution in [0.15, 0.2) is 41.8 Å². The van der Waals surface area contributed by atoms with Crippen molar-refractivity contribution in [2.24, 2.45) is 0 Å². The van der Waals surface area contributed by atoms with Gasteiger partial charge in [0.2, 0.25) is 0 Å². The Balaban J connectivity index is 1.76. The molecular formula is C20H23N3S. The van der Waals surface area contributed by atoms with Crippen LogP contribution >= 0.6 is 11.3 Å². The zero-order valence-electron chi connectivity index (χ0n) is 14.1. The highest BCUT2D eigenvalue weighted by molar-refractivity contribution is 7.09. The normalized spacial score (nSPS) is 14.0. The molecule has 124 valence electrons. The summed E-state index contributed by atoms with van der Waals surface area (Å²) < 4.78 is 2.11. The molecule has 24 heavy (non-hydrogen) atoms. The van der Waals surface area contributed by atoms with Crippen LogP contribution in [0.3, 0.4) is 0 Å². The minimum absolute atomic E-state index is 0.932. The van der Waals surface area contributed by atoms with Crippen molar-refractivity contribution < 1.29 is 0 Å². The van der Waals surface area contributed by atoms with Gasteiger partial charge in [0.05, 0.1) is 11.4 Å². The van der Waals surface area contributed by atoms with Gasteiger partial charge in [-0.15, -0.1) is 11.3 Å². The number of benzene rings is 1. The summed E-state index contributed by atoms with van der Waals surface area (Å²) in [6.07, 6.45) is 5.58. The van der Waals surface area contributed by atoms with E-state index in [1.54, 1.807) is 0 Å². The third-order valence-electron chi connectivity index (χ3n) is 4.72.